The molecule has 0 unspecified atom stereocenters. The summed E-state index contributed by atoms with van der Waals surface area (Å²) in [5.74, 6) is 0.609. The van der Waals surface area contributed by atoms with E-state index in [-0.39, 0.29) is 0 Å². The Morgan fingerprint density at radius 2 is 1.00 bits per heavy atom. The lowest BCUT2D eigenvalue weighted by atomic mass is 10.3. The second-order valence-electron chi connectivity index (χ2n) is 3.31. The number of phenols is 2. The number of hydrogen-bond donors (Lipinski definition) is 2. The number of aromatic hydroxyl groups is 2. The first-order valence-electron chi connectivity index (χ1n) is 5.18. The Kier molecular flexibility index (Phi) is 6.52. The molecule has 0 atom stereocenters. The van der Waals surface area contributed by atoms with Crippen LogP contribution in [0.2, 0.25) is 0 Å². The van der Waals surface area contributed by atoms with Crippen LogP contribution in [0.1, 0.15) is 0 Å². The van der Waals surface area contributed by atoms with Crippen LogP contribution in [0.5, 0.6) is 11.5 Å². The topological polar surface area (TPSA) is 40.5 Å². The molecule has 2 aromatic rings. The molecule has 19 heavy (non-hydrogen) atoms. The standard InChI is InChI=1S/C12H10O2S5/c13-9-5-1-3-7-11(9)15-17-19-18-16-12-8-4-2-6-10(12)14/h1-8,13-14H. The predicted molar refractivity (Wildman–Crippen MR) is 90.7 cm³/mol. The highest BCUT2D eigenvalue weighted by molar-refractivity contribution is 9.35. The van der Waals surface area contributed by atoms with Crippen LogP contribution in [0, 0.1) is 0 Å². The van der Waals surface area contributed by atoms with Crippen LogP contribution < -0.4 is 0 Å². The third kappa shape index (κ3) is 5.00. The SMILES string of the molecule is Oc1ccccc1SSSSSc1ccccc1O. The molecular formula is C12H10O2S5. The van der Waals surface area contributed by atoms with Gasteiger partial charge in [-0.05, 0) is 75.3 Å². The van der Waals surface area contributed by atoms with E-state index in [1.807, 2.05) is 24.3 Å². The first-order valence-corrected chi connectivity index (χ1v) is 11.3. The Bertz CT molecular complexity index is 488. The van der Waals surface area contributed by atoms with E-state index in [0.29, 0.717) is 11.5 Å². The van der Waals surface area contributed by atoms with Crippen molar-refractivity contribution in [3.63, 3.8) is 0 Å². The van der Waals surface area contributed by atoms with Crippen LogP contribution in [0.3, 0.4) is 0 Å². The van der Waals surface area contributed by atoms with Crippen LogP contribution in [0.4, 0.5) is 0 Å². The highest BCUT2D eigenvalue weighted by atomic mass is 33.8. The van der Waals surface area contributed by atoms with Crippen molar-refractivity contribution in [3.05, 3.63) is 48.5 Å². The van der Waals surface area contributed by atoms with Gasteiger partial charge in [-0.25, -0.2) is 0 Å². The van der Waals surface area contributed by atoms with E-state index >= 15 is 0 Å². The van der Waals surface area contributed by atoms with Crippen LogP contribution in [-0.2, 0) is 0 Å². The zero-order valence-corrected chi connectivity index (χ0v) is 13.6. The summed E-state index contributed by atoms with van der Waals surface area (Å²) in [5.41, 5.74) is 0. The van der Waals surface area contributed by atoms with E-state index < -0.39 is 0 Å². The van der Waals surface area contributed by atoms with Crippen molar-refractivity contribution in [2.45, 2.75) is 9.79 Å². The molecular weight excluding hydrogens is 336 g/mol. The van der Waals surface area contributed by atoms with Crippen LogP contribution in [-0.4, -0.2) is 10.2 Å². The van der Waals surface area contributed by atoms with Crippen molar-refractivity contribution in [2.24, 2.45) is 0 Å². The van der Waals surface area contributed by atoms with Gasteiger partial charge in [0, 0.05) is 0 Å². The number of rotatable bonds is 6. The molecule has 2 nitrogen and oxygen atoms in total. The second kappa shape index (κ2) is 8.16. The zero-order valence-electron chi connectivity index (χ0n) is 9.55. The molecule has 2 aromatic carbocycles. The summed E-state index contributed by atoms with van der Waals surface area (Å²) in [6, 6.07) is 14.5. The van der Waals surface area contributed by atoms with E-state index in [1.165, 1.54) is 21.6 Å². The highest BCUT2D eigenvalue weighted by Crippen LogP contribution is 2.54. The summed E-state index contributed by atoms with van der Waals surface area (Å²) < 4.78 is 0. The molecule has 2 N–H and O–H groups in total. The molecule has 0 aliphatic rings. The molecule has 0 aliphatic carbocycles. The Labute approximate surface area is 130 Å². The number of hydrogen-bond acceptors (Lipinski definition) is 7. The minimum atomic E-state index is 0.305. The highest BCUT2D eigenvalue weighted by Gasteiger charge is 2.04. The van der Waals surface area contributed by atoms with Crippen molar-refractivity contribution in [1.82, 2.24) is 0 Å². The van der Waals surface area contributed by atoms with Crippen molar-refractivity contribution >= 4 is 51.1 Å². The van der Waals surface area contributed by atoms with Crippen molar-refractivity contribution in [1.29, 1.82) is 0 Å². The van der Waals surface area contributed by atoms with E-state index in [9.17, 15) is 10.2 Å². The smallest absolute Gasteiger partial charge is 0.130 e. The summed E-state index contributed by atoms with van der Waals surface area (Å²) in [7, 11) is 7.79. The van der Waals surface area contributed by atoms with Crippen LogP contribution in [0.15, 0.2) is 58.3 Å². The molecule has 0 aliphatic heterocycles. The van der Waals surface area contributed by atoms with E-state index in [2.05, 4.69) is 0 Å². The quantitative estimate of drug-likeness (QED) is 0.503. The van der Waals surface area contributed by atoms with Crippen molar-refractivity contribution < 1.29 is 10.2 Å². The van der Waals surface area contributed by atoms with E-state index in [0.717, 1.165) is 9.79 Å². The maximum Gasteiger partial charge on any atom is 0.130 e. The Morgan fingerprint density at radius 3 is 1.42 bits per heavy atom. The number of para-hydroxylation sites is 2. The Hall–Kier alpha value is -0.210. The van der Waals surface area contributed by atoms with Crippen molar-refractivity contribution in [2.75, 3.05) is 0 Å². The average Bonchev–Trinajstić information content (AvgIpc) is 2.42. The summed E-state index contributed by atoms with van der Waals surface area (Å²) in [5, 5.41) is 19.2. The fraction of sp³-hybridized carbons (Fsp3) is 0. The molecule has 0 amide bonds. The van der Waals surface area contributed by atoms with E-state index in [1.54, 1.807) is 53.7 Å². The summed E-state index contributed by atoms with van der Waals surface area (Å²) in [6.45, 7) is 0. The monoisotopic (exact) mass is 346 g/mol. The van der Waals surface area contributed by atoms with Gasteiger partial charge in [-0.15, -0.1) is 0 Å². The number of phenolic OH excluding ortho intramolecular Hbond substituents is 2. The third-order valence-electron chi connectivity index (χ3n) is 2.03. The fourth-order valence-corrected chi connectivity index (χ4v) is 9.46. The van der Waals surface area contributed by atoms with Gasteiger partial charge >= 0.3 is 0 Å². The van der Waals surface area contributed by atoms with Gasteiger partial charge in [0.1, 0.15) is 11.5 Å². The van der Waals surface area contributed by atoms with Gasteiger partial charge < -0.3 is 10.2 Å². The van der Waals surface area contributed by atoms with Gasteiger partial charge in [0.2, 0.25) is 0 Å². The maximum atomic E-state index is 9.59. The maximum absolute atomic E-state index is 9.59. The minimum Gasteiger partial charge on any atom is -0.507 e. The molecule has 7 heteroatoms. The van der Waals surface area contributed by atoms with Crippen LogP contribution in [0.25, 0.3) is 0 Å². The largest absolute Gasteiger partial charge is 0.507 e. The van der Waals surface area contributed by atoms with Gasteiger partial charge in [0.05, 0.1) is 9.79 Å². The van der Waals surface area contributed by atoms with Gasteiger partial charge in [-0.1, -0.05) is 24.3 Å². The molecule has 0 spiro atoms. The molecule has 0 saturated carbocycles. The number of benzene rings is 2. The molecule has 0 fully saturated rings. The summed E-state index contributed by atoms with van der Waals surface area (Å²) in [4.78, 5) is 1.71. The normalized spacial score (nSPS) is 10.5. The lowest BCUT2D eigenvalue weighted by Gasteiger charge is -2.03. The average molecular weight is 347 g/mol. The molecule has 0 radical (unpaired) electrons. The first kappa shape index (κ1) is 15.2. The summed E-state index contributed by atoms with van der Waals surface area (Å²) >= 11 is 0. The first-order chi connectivity index (χ1) is 9.27. The third-order valence-corrected chi connectivity index (χ3v) is 10.4. The van der Waals surface area contributed by atoms with Crippen molar-refractivity contribution in [3.8, 4) is 11.5 Å². The molecule has 0 aromatic heterocycles. The van der Waals surface area contributed by atoms with Gasteiger partial charge in [-0.3, -0.25) is 0 Å². The zero-order chi connectivity index (χ0) is 13.5. The summed E-state index contributed by atoms with van der Waals surface area (Å²) in [6.07, 6.45) is 0. The molecule has 0 bridgehead atoms. The van der Waals surface area contributed by atoms with Gasteiger partial charge in [0.15, 0.2) is 0 Å². The molecule has 2 rings (SSSR count). The Morgan fingerprint density at radius 1 is 0.579 bits per heavy atom. The fourth-order valence-electron chi connectivity index (χ4n) is 1.17. The lowest BCUT2D eigenvalue weighted by molar-refractivity contribution is 0.462. The van der Waals surface area contributed by atoms with Gasteiger partial charge in [0.25, 0.3) is 0 Å². The van der Waals surface area contributed by atoms with Crippen LogP contribution >= 0.6 is 51.1 Å². The molecule has 100 valence electrons. The lowest BCUT2D eigenvalue weighted by Crippen LogP contribution is -1.68. The second-order valence-corrected chi connectivity index (χ2v) is 10.8. The molecule has 0 heterocycles. The Balaban J connectivity index is 1.71. The predicted octanol–water partition coefficient (Wildman–Crippen LogP) is 5.84. The molecule has 0 saturated heterocycles. The minimum absolute atomic E-state index is 0.305. The van der Waals surface area contributed by atoms with Gasteiger partial charge in [-0.2, -0.15) is 0 Å². The van der Waals surface area contributed by atoms with E-state index in [4.69, 9.17) is 0 Å².